The lowest BCUT2D eigenvalue weighted by molar-refractivity contribution is 0.101. The van der Waals surface area contributed by atoms with Gasteiger partial charge in [0.05, 0.1) is 5.69 Å². The molecule has 0 fully saturated rings. The highest BCUT2D eigenvalue weighted by atomic mass is 79.9. The van der Waals surface area contributed by atoms with E-state index < -0.39 is 23.1 Å². The second-order valence-corrected chi connectivity index (χ2v) is 5.42. The second-order valence-electron chi connectivity index (χ2n) is 4.13. The molecule has 1 N–H and O–H groups in total. The smallest absolute Gasteiger partial charge is 0.261 e. The quantitative estimate of drug-likeness (QED) is 0.807. The molecule has 0 spiro atoms. The lowest BCUT2D eigenvalue weighted by Crippen LogP contribution is -2.16. The maximum atomic E-state index is 13.8. The summed E-state index contributed by atoms with van der Waals surface area (Å²) in [7, 11) is 0. The molecule has 20 heavy (non-hydrogen) atoms. The number of benzene rings is 2. The molecule has 2 nitrogen and oxygen atoms in total. The van der Waals surface area contributed by atoms with Crippen LogP contribution < -0.4 is 5.32 Å². The predicted octanol–water partition coefficient (Wildman–Crippen LogP) is 4.94. The average molecular weight is 361 g/mol. The Hall–Kier alpha value is -1.46. The monoisotopic (exact) mass is 359 g/mol. The lowest BCUT2D eigenvalue weighted by atomic mass is 10.1. The van der Waals surface area contributed by atoms with Gasteiger partial charge in [-0.05, 0) is 52.7 Å². The van der Waals surface area contributed by atoms with Crippen molar-refractivity contribution in [3.63, 3.8) is 0 Å². The number of hydrogen-bond acceptors (Lipinski definition) is 1. The van der Waals surface area contributed by atoms with Gasteiger partial charge in [0, 0.05) is 9.50 Å². The van der Waals surface area contributed by atoms with Crippen molar-refractivity contribution in [3.05, 3.63) is 62.6 Å². The third kappa shape index (κ3) is 2.99. The number of amides is 1. The number of carbonyl (C=O) groups is 1. The van der Waals surface area contributed by atoms with Crippen molar-refractivity contribution in [2.45, 2.75) is 6.92 Å². The number of hydrogen-bond donors (Lipinski definition) is 1. The first-order valence-electron chi connectivity index (χ1n) is 5.61. The Morgan fingerprint density at radius 1 is 1.25 bits per heavy atom. The molecule has 2 rings (SSSR count). The first kappa shape index (κ1) is 14.9. The highest BCUT2D eigenvalue weighted by Crippen LogP contribution is 2.27. The van der Waals surface area contributed by atoms with E-state index in [1.54, 1.807) is 12.1 Å². The van der Waals surface area contributed by atoms with Crippen LogP contribution >= 0.6 is 27.5 Å². The van der Waals surface area contributed by atoms with Gasteiger partial charge in [0.25, 0.3) is 5.91 Å². The molecule has 0 bridgehead atoms. The molecule has 0 aromatic heterocycles. The van der Waals surface area contributed by atoms with Crippen LogP contribution in [0.4, 0.5) is 14.5 Å². The van der Waals surface area contributed by atoms with E-state index in [4.69, 9.17) is 11.6 Å². The van der Waals surface area contributed by atoms with Crippen molar-refractivity contribution in [2.75, 3.05) is 5.32 Å². The minimum absolute atomic E-state index is 0.201. The summed E-state index contributed by atoms with van der Waals surface area (Å²) in [6.07, 6.45) is 0. The van der Waals surface area contributed by atoms with Crippen LogP contribution in [-0.4, -0.2) is 5.91 Å². The molecule has 0 aliphatic carbocycles. The van der Waals surface area contributed by atoms with Gasteiger partial charge in [-0.15, -0.1) is 0 Å². The summed E-state index contributed by atoms with van der Waals surface area (Å²) in [6.45, 7) is 1.46. The molecule has 0 aliphatic heterocycles. The summed E-state index contributed by atoms with van der Waals surface area (Å²) in [5.74, 6) is -2.63. The molecule has 0 unspecified atom stereocenters. The van der Waals surface area contributed by atoms with Crippen LogP contribution in [0.15, 0.2) is 34.8 Å². The minimum atomic E-state index is -0.907. The second kappa shape index (κ2) is 5.89. The van der Waals surface area contributed by atoms with Crippen LogP contribution in [-0.2, 0) is 0 Å². The number of aryl methyl sites for hydroxylation is 1. The lowest BCUT2D eigenvalue weighted by Gasteiger charge is -2.10. The standard InChI is InChI=1S/C14H9BrClF2NO/c1-7-2-4-10(17)12(13(7)18)14(20)19-11-5-3-8(16)6-9(11)15/h2-6H,1H3,(H,19,20). The summed E-state index contributed by atoms with van der Waals surface area (Å²) in [5.41, 5.74) is -0.0294. The number of nitrogens with one attached hydrogen (secondary N) is 1. The Balaban J connectivity index is 2.36. The number of anilines is 1. The fourth-order valence-corrected chi connectivity index (χ4v) is 2.42. The number of rotatable bonds is 2. The SMILES string of the molecule is Cc1ccc(F)c(C(=O)Nc2ccc(Cl)cc2Br)c1F. The van der Waals surface area contributed by atoms with E-state index >= 15 is 0 Å². The molecule has 0 aliphatic rings. The Morgan fingerprint density at radius 3 is 2.60 bits per heavy atom. The summed E-state index contributed by atoms with van der Waals surface area (Å²) >= 11 is 8.99. The Morgan fingerprint density at radius 2 is 1.95 bits per heavy atom. The highest BCUT2D eigenvalue weighted by molar-refractivity contribution is 9.10. The maximum Gasteiger partial charge on any atom is 0.261 e. The van der Waals surface area contributed by atoms with Gasteiger partial charge in [0.1, 0.15) is 17.2 Å². The number of carbonyl (C=O) groups excluding carboxylic acids is 1. The molecule has 0 radical (unpaired) electrons. The molecule has 104 valence electrons. The van der Waals surface area contributed by atoms with Gasteiger partial charge >= 0.3 is 0 Å². The van der Waals surface area contributed by atoms with Gasteiger partial charge in [0.15, 0.2) is 0 Å². The molecular formula is C14H9BrClF2NO. The van der Waals surface area contributed by atoms with Gasteiger partial charge < -0.3 is 5.32 Å². The zero-order valence-electron chi connectivity index (χ0n) is 10.3. The summed E-state index contributed by atoms with van der Waals surface area (Å²) in [6, 6.07) is 7.00. The van der Waals surface area contributed by atoms with Crippen molar-refractivity contribution in [3.8, 4) is 0 Å². The molecular weight excluding hydrogens is 352 g/mol. The van der Waals surface area contributed by atoms with Gasteiger partial charge in [0.2, 0.25) is 0 Å². The predicted molar refractivity (Wildman–Crippen MR) is 78.2 cm³/mol. The van der Waals surface area contributed by atoms with Crippen molar-refractivity contribution in [1.29, 1.82) is 0 Å². The fraction of sp³-hybridized carbons (Fsp3) is 0.0714. The molecule has 0 atom stereocenters. The van der Waals surface area contributed by atoms with E-state index in [0.717, 1.165) is 6.07 Å². The minimum Gasteiger partial charge on any atom is -0.321 e. The van der Waals surface area contributed by atoms with Crippen molar-refractivity contribution in [2.24, 2.45) is 0 Å². The summed E-state index contributed by atoms with van der Waals surface area (Å²) in [5, 5.41) is 2.91. The van der Waals surface area contributed by atoms with Gasteiger partial charge in [-0.2, -0.15) is 0 Å². The summed E-state index contributed by atoms with van der Waals surface area (Å²) in [4.78, 5) is 12.0. The Labute approximate surface area is 127 Å². The molecule has 6 heteroatoms. The zero-order chi connectivity index (χ0) is 14.9. The van der Waals surface area contributed by atoms with Crippen LogP contribution in [0.1, 0.15) is 15.9 Å². The van der Waals surface area contributed by atoms with Crippen molar-refractivity contribution >= 4 is 39.1 Å². The molecule has 1 amide bonds. The zero-order valence-corrected chi connectivity index (χ0v) is 12.6. The van der Waals surface area contributed by atoms with Gasteiger partial charge in [-0.3, -0.25) is 4.79 Å². The van der Waals surface area contributed by atoms with Crippen molar-refractivity contribution in [1.82, 2.24) is 0 Å². The van der Waals surface area contributed by atoms with Crippen LogP contribution in [0.5, 0.6) is 0 Å². The molecule has 0 saturated carbocycles. The van der Waals surface area contributed by atoms with E-state index in [-0.39, 0.29) is 5.56 Å². The topological polar surface area (TPSA) is 29.1 Å². The van der Waals surface area contributed by atoms with Crippen LogP contribution in [0.3, 0.4) is 0 Å². The van der Waals surface area contributed by atoms with E-state index in [2.05, 4.69) is 21.2 Å². The van der Waals surface area contributed by atoms with E-state index in [0.29, 0.717) is 15.2 Å². The van der Waals surface area contributed by atoms with Crippen LogP contribution in [0.2, 0.25) is 5.02 Å². The summed E-state index contributed by atoms with van der Waals surface area (Å²) < 4.78 is 28.0. The molecule has 0 saturated heterocycles. The third-order valence-electron chi connectivity index (χ3n) is 2.69. The first-order chi connectivity index (χ1) is 9.40. The van der Waals surface area contributed by atoms with E-state index in [9.17, 15) is 13.6 Å². The molecule has 2 aromatic carbocycles. The first-order valence-corrected chi connectivity index (χ1v) is 6.78. The average Bonchev–Trinajstić information content (AvgIpc) is 2.38. The molecule has 0 heterocycles. The van der Waals surface area contributed by atoms with Gasteiger partial charge in [-0.25, -0.2) is 8.78 Å². The van der Waals surface area contributed by atoms with Gasteiger partial charge in [-0.1, -0.05) is 17.7 Å². The van der Waals surface area contributed by atoms with E-state index in [1.807, 2.05) is 0 Å². The highest BCUT2D eigenvalue weighted by Gasteiger charge is 2.19. The van der Waals surface area contributed by atoms with E-state index in [1.165, 1.54) is 19.1 Å². The van der Waals surface area contributed by atoms with Crippen LogP contribution in [0.25, 0.3) is 0 Å². The normalized spacial score (nSPS) is 10.4. The fourth-order valence-electron chi connectivity index (χ4n) is 1.64. The van der Waals surface area contributed by atoms with Crippen LogP contribution in [0, 0.1) is 18.6 Å². The Bertz CT molecular complexity index is 691. The Kier molecular flexibility index (Phi) is 4.40. The third-order valence-corrected chi connectivity index (χ3v) is 3.58. The maximum absolute atomic E-state index is 13.8. The van der Waals surface area contributed by atoms with Crippen molar-refractivity contribution < 1.29 is 13.6 Å². The number of halogens is 4. The largest absolute Gasteiger partial charge is 0.321 e. The molecule has 2 aromatic rings.